The molecule has 0 fully saturated rings. The minimum absolute atomic E-state index is 0.327. The summed E-state index contributed by atoms with van der Waals surface area (Å²) in [7, 11) is 0. The normalized spacial score (nSPS) is 10.7. The van der Waals surface area contributed by atoms with Crippen LogP contribution < -0.4 is 10.6 Å². The number of benzene rings is 1. The molecule has 0 unspecified atom stereocenters. The van der Waals surface area contributed by atoms with E-state index in [0.717, 1.165) is 22.5 Å². The average Bonchev–Trinajstić information content (AvgIpc) is 2.37. The van der Waals surface area contributed by atoms with Crippen LogP contribution in [-0.2, 0) is 6.54 Å². The standard InChI is InChI=1S/C14H17BrN4/c1-10(2)19(14-13(15)7-17-9-18-14)8-11-4-3-5-12(16)6-11/h3-7,9-10H,8,16H2,1-2H3. The molecule has 0 spiro atoms. The Balaban J connectivity index is 2.29. The minimum Gasteiger partial charge on any atom is -0.399 e. The second kappa shape index (κ2) is 6.02. The fourth-order valence-electron chi connectivity index (χ4n) is 1.91. The molecule has 0 saturated heterocycles. The van der Waals surface area contributed by atoms with Crippen molar-refractivity contribution in [3.05, 3.63) is 46.8 Å². The highest BCUT2D eigenvalue weighted by Gasteiger charge is 2.15. The third-order valence-corrected chi connectivity index (χ3v) is 3.41. The van der Waals surface area contributed by atoms with Crippen molar-refractivity contribution in [2.24, 2.45) is 0 Å². The molecule has 100 valence electrons. The lowest BCUT2D eigenvalue weighted by molar-refractivity contribution is 0.669. The van der Waals surface area contributed by atoms with Crippen LogP contribution in [0.3, 0.4) is 0 Å². The van der Waals surface area contributed by atoms with Crippen LogP contribution in [0.1, 0.15) is 19.4 Å². The van der Waals surface area contributed by atoms with Gasteiger partial charge in [0, 0.05) is 24.5 Å². The minimum atomic E-state index is 0.327. The molecule has 1 aromatic carbocycles. The van der Waals surface area contributed by atoms with Crippen LogP contribution in [0.4, 0.5) is 11.5 Å². The summed E-state index contributed by atoms with van der Waals surface area (Å²) in [6.07, 6.45) is 3.33. The van der Waals surface area contributed by atoms with E-state index in [-0.39, 0.29) is 0 Å². The second-order valence-electron chi connectivity index (χ2n) is 4.66. The van der Waals surface area contributed by atoms with Crippen molar-refractivity contribution in [3.8, 4) is 0 Å². The average molecular weight is 321 g/mol. The van der Waals surface area contributed by atoms with Crippen molar-refractivity contribution in [1.29, 1.82) is 0 Å². The quantitative estimate of drug-likeness (QED) is 0.879. The fraction of sp³-hybridized carbons (Fsp3) is 0.286. The number of aromatic nitrogens is 2. The van der Waals surface area contributed by atoms with Crippen molar-refractivity contribution in [2.75, 3.05) is 10.6 Å². The first-order valence-electron chi connectivity index (χ1n) is 6.14. The zero-order valence-electron chi connectivity index (χ0n) is 11.0. The molecule has 2 rings (SSSR count). The topological polar surface area (TPSA) is 55.0 Å². The lowest BCUT2D eigenvalue weighted by atomic mass is 10.1. The third-order valence-electron chi connectivity index (χ3n) is 2.85. The summed E-state index contributed by atoms with van der Waals surface area (Å²) in [4.78, 5) is 10.6. The predicted octanol–water partition coefficient (Wildman–Crippen LogP) is 3.24. The van der Waals surface area contributed by atoms with Crippen LogP contribution in [-0.4, -0.2) is 16.0 Å². The first-order chi connectivity index (χ1) is 9.08. The van der Waals surface area contributed by atoms with Crippen LogP contribution in [0, 0.1) is 0 Å². The van der Waals surface area contributed by atoms with E-state index in [1.54, 1.807) is 12.5 Å². The molecule has 0 atom stereocenters. The van der Waals surface area contributed by atoms with Crippen LogP contribution in [0.15, 0.2) is 41.3 Å². The molecule has 0 aliphatic rings. The Morgan fingerprint density at radius 2 is 2.16 bits per heavy atom. The van der Waals surface area contributed by atoms with Crippen LogP contribution >= 0.6 is 15.9 Å². The summed E-state index contributed by atoms with van der Waals surface area (Å²) in [5.41, 5.74) is 7.77. The van der Waals surface area contributed by atoms with E-state index < -0.39 is 0 Å². The number of halogens is 1. The van der Waals surface area contributed by atoms with Crippen LogP contribution in [0.2, 0.25) is 0 Å². The van der Waals surface area contributed by atoms with Gasteiger partial charge in [0.25, 0.3) is 0 Å². The van der Waals surface area contributed by atoms with Crippen molar-refractivity contribution in [1.82, 2.24) is 9.97 Å². The number of nitrogens with two attached hydrogens (primary N) is 1. The lowest BCUT2D eigenvalue weighted by Crippen LogP contribution is -2.31. The summed E-state index contributed by atoms with van der Waals surface area (Å²) >= 11 is 3.50. The van der Waals surface area contributed by atoms with Gasteiger partial charge in [-0.15, -0.1) is 0 Å². The number of anilines is 2. The number of rotatable bonds is 4. The van der Waals surface area contributed by atoms with E-state index in [1.165, 1.54) is 5.56 Å². The van der Waals surface area contributed by atoms with Crippen LogP contribution in [0.5, 0.6) is 0 Å². The Morgan fingerprint density at radius 3 is 2.79 bits per heavy atom. The molecule has 0 bridgehead atoms. The molecule has 0 saturated carbocycles. The molecule has 4 nitrogen and oxygen atoms in total. The Bertz CT molecular complexity index is 557. The van der Waals surface area contributed by atoms with Crippen molar-refractivity contribution in [3.63, 3.8) is 0 Å². The van der Waals surface area contributed by atoms with Crippen LogP contribution in [0.25, 0.3) is 0 Å². The van der Waals surface area contributed by atoms with E-state index in [9.17, 15) is 0 Å². The molecule has 19 heavy (non-hydrogen) atoms. The van der Waals surface area contributed by atoms with Gasteiger partial charge in [0.05, 0.1) is 4.47 Å². The van der Waals surface area contributed by atoms with Gasteiger partial charge >= 0.3 is 0 Å². The Morgan fingerprint density at radius 1 is 1.37 bits per heavy atom. The molecule has 2 aromatic rings. The second-order valence-corrected chi connectivity index (χ2v) is 5.52. The van der Waals surface area contributed by atoms with Gasteiger partial charge < -0.3 is 10.6 Å². The van der Waals surface area contributed by atoms with E-state index in [0.29, 0.717) is 6.04 Å². The van der Waals surface area contributed by atoms with Gasteiger partial charge in [0.15, 0.2) is 0 Å². The molecular weight excluding hydrogens is 304 g/mol. The van der Waals surface area contributed by atoms with E-state index in [1.807, 2.05) is 18.2 Å². The van der Waals surface area contributed by atoms with Gasteiger partial charge in [0.2, 0.25) is 0 Å². The molecule has 0 amide bonds. The maximum absolute atomic E-state index is 5.83. The van der Waals surface area contributed by atoms with Crippen molar-refractivity contribution < 1.29 is 0 Å². The molecule has 0 aliphatic carbocycles. The molecule has 0 aliphatic heterocycles. The number of nitrogen functional groups attached to an aromatic ring is 1. The van der Waals surface area contributed by atoms with Crippen molar-refractivity contribution in [2.45, 2.75) is 26.4 Å². The summed E-state index contributed by atoms with van der Waals surface area (Å²) in [6, 6.07) is 8.25. The summed E-state index contributed by atoms with van der Waals surface area (Å²) < 4.78 is 0.896. The third kappa shape index (κ3) is 3.44. The highest BCUT2D eigenvalue weighted by atomic mass is 79.9. The number of hydrogen-bond donors (Lipinski definition) is 1. The summed E-state index contributed by atoms with van der Waals surface area (Å²) in [6.45, 7) is 5.04. The molecular formula is C14H17BrN4. The van der Waals surface area contributed by atoms with Gasteiger partial charge in [-0.05, 0) is 47.5 Å². The van der Waals surface area contributed by atoms with Crippen molar-refractivity contribution >= 4 is 27.4 Å². The molecule has 1 aromatic heterocycles. The van der Waals surface area contributed by atoms with E-state index in [4.69, 9.17) is 5.73 Å². The van der Waals surface area contributed by atoms with Gasteiger partial charge in [-0.2, -0.15) is 0 Å². The largest absolute Gasteiger partial charge is 0.399 e. The van der Waals surface area contributed by atoms with E-state index in [2.05, 4.69) is 50.7 Å². The molecule has 5 heteroatoms. The molecule has 0 radical (unpaired) electrons. The first-order valence-corrected chi connectivity index (χ1v) is 6.94. The van der Waals surface area contributed by atoms with Gasteiger partial charge in [-0.3, -0.25) is 0 Å². The van der Waals surface area contributed by atoms with Gasteiger partial charge in [-0.25, -0.2) is 9.97 Å². The van der Waals surface area contributed by atoms with E-state index >= 15 is 0 Å². The SMILES string of the molecule is CC(C)N(Cc1cccc(N)c1)c1ncncc1Br. The smallest absolute Gasteiger partial charge is 0.146 e. The fourth-order valence-corrected chi connectivity index (χ4v) is 2.36. The Labute approximate surface area is 121 Å². The highest BCUT2D eigenvalue weighted by molar-refractivity contribution is 9.10. The predicted molar refractivity (Wildman–Crippen MR) is 81.9 cm³/mol. The number of nitrogens with zero attached hydrogens (tertiary/aromatic N) is 3. The maximum atomic E-state index is 5.83. The Kier molecular flexibility index (Phi) is 4.37. The summed E-state index contributed by atoms with van der Waals surface area (Å²) in [5, 5.41) is 0. The zero-order chi connectivity index (χ0) is 13.8. The first kappa shape index (κ1) is 13.8. The monoisotopic (exact) mass is 320 g/mol. The number of hydrogen-bond acceptors (Lipinski definition) is 4. The maximum Gasteiger partial charge on any atom is 0.146 e. The summed E-state index contributed by atoms with van der Waals surface area (Å²) in [5.74, 6) is 0.896. The molecule has 1 heterocycles. The zero-order valence-corrected chi connectivity index (χ0v) is 12.6. The van der Waals surface area contributed by atoms with Gasteiger partial charge in [0.1, 0.15) is 12.1 Å². The highest BCUT2D eigenvalue weighted by Crippen LogP contribution is 2.25. The Hall–Kier alpha value is -1.62. The molecule has 2 N–H and O–H groups in total. The van der Waals surface area contributed by atoms with Gasteiger partial charge in [-0.1, -0.05) is 12.1 Å². The lowest BCUT2D eigenvalue weighted by Gasteiger charge is -2.28.